The van der Waals surface area contributed by atoms with Crippen LogP contribution in [0.5, 0.6) is 0 Å². The molecule has 0 amide bonds. The fourth-order valence-electron chi connectivity index (χ4n) is 0.563. The molecule has 1 rings (SSSR count). The second-order valence-electron chi connectivity index (χ2n) is 1.89. The van der Waals surface area contributed by atoms with Gasteiger partial charge in [0.25, 0.3) is 0 Å². The molecule has 0 spiro atoms. The average Bonchev–Trinajstić information content (AvgIpc) is 2.32. The van der Waals surface area contributed by atoms with Crippen molar-refractivity contribution in [1.29, 1.82) is 0 Å². The summed E-state index contributed by atoms with van der Waals surface area (Å²) in [7, 11) is 0. The molecule has 0 radical (unpaired) electrons. The van der Waals surface area contributed by atoms with Crippen molar-refractivity contribution in [2.24, 2.45) is 0 Å². The molecule has 0 nitrogen and oxygen atoms in total. The van der Waals surface area contributed by atoms with Crippen molar-refractivity contribution < 1.29 is 8.78 Å². The van der Waals surface area contributed by atoms with Crippen LogP contribution in [0.3, 0.4) is 0 Å². The highest BCUT2D eigenvalue weighted by Crippen LogP contribution is 2.24. The van der Waals surface area contributed by atoms with Gasteiger partial charge in [0.05, 0.1) is 0 Å². The van der Waals surface area contributed by atoms with E-state index in [4.69, 9.17) is 0 Å². The van der Waals surface area contributed by atoms with Crippen LogP contribution in [0.15, 0.2) is 23.6 Å². The maximum atomic E-state index is 12.1. The van der Waals surface area contributed by atoms with E-state index in [1.165, 1.54) is 17.4 Å². The topological polar surface area (TPSA) is 0 Å². The molecule has 4 heteroatoms. The van der Waals surface area contributed by atoms with Gasteiger partial charge in [-0.2, -0.15) is 8.78 Å². The van der Waals surface area contributed by atoms with Crippen molar-refractivity contribution in [3.63, 3.8) is 0 Å². The number of alkyl halides is 3. The molecular weight excluding hydrogens is 234 g/mol. The summed E-state index contributed by atoms with van der Waals surface area (Å²) in [6.45, 7) is 0. The summed E-state index contributed by atoms with van der Waals surface area (Å²) in [5.74, 6) is 0. The fourth-order valence-corrected chi connectivity index (χ4v) is 1.31. The summed E-state index contributed by atoms with van der Waals surface area (Å²) in [5, 5.41) is 1.84. The smallest absolute Gasteiger partial charge is 0.189 e. The molecule has 0 fully saturated rings. The van der Waals surface area contributed by atoms with Gasteiger partial charge in [-0.05, 0) is 39.5 Å². The molecular formula is C7H5BrF2S. The molecule has 0 unspecified atom stereocenters. The van der Waals surface area contributed by atoms with Crippen LogP contribution < -0.4 is 0 Å². The second-order valence-corrected chi connectivity index (χ2v) is 3.93. The summed E-state index contributed by atoms with van der Waals surface area (Å²) in [5.41, 5.74) is 0. The Morgan fingerprint density at radius 3 is 2.73 bits per heavy atom. The molecule has 0 aromatic carbocycles. The third-order valence-electron chi connectivity index (χ3n) is 0.980. The van der Waals surface area contributed by atoms with E-state index in [0.717, 1.165) is 11.0 Å². The molecule has 0 N–H and O–H groups in total. The maximum absolute atomic E-state index is 12.1. The first-order valence-electron chi connectivity index (χ1n) is 2.87. The van der Waals surface area contributed by atoms with Crippen LogP contribution in [-0.2, 0) is 0 Å². The van der Waals surface area contributed by atoms with Gasteiger partial charge in [0, 0.05) is 4.88 Å². The highest BCUT2D eigenvalue weighted by molar-refractivity contribution is 9.10. The van der Waals surface area contributed by atoms with Gasteiger partial charge in [-0.1, -0.05) is 6.07 Å². The van der Waals surface area contributed by atoms with Crippen LogP contribution in [0.1, 0.15) is 4.88 Å². The second kappa shape index (κ2) is 3.45. The van der Waals surface area contributed by atoms with Crippen molar-refractivity contribution in [2.45, 2.75) is 4.83 Å². The van der Waals surface area contributed by atoms with Crippen molar-refractivity contribution in [1.82, 2.24) is 0 Å². The summed E-state index contributed by atoms with van der Waals surface area (Å²) in [6.07, 6.45) is 2.21. The molecule has 0 saturated carbocycles. The van der Waals surface area contributed by atoms with Crippen LogP contribution in [-0.4, -0.2) is 4.83 Å². The molecule has 11 heavy (non-hydrogen) atoms. The molecule has 0 bridgehead atoms. The van der Waals surface area contributed by atoms with Gasteiger partial charge in [0.2, 0.25) is 0 Å². The van der Waals surface area contributed by atoms with E-state index in [-0.39, 0.29) is 0 Å². The number of rotatable bonds is 2. The number of hydrogen-bond acceptors (Lipinski definition) is 1. The zero-order valence-electron chi connectivity index (χ0n) is 5.43. The van der Waals surface area contributed by atoms with E-state index in [1.54, 1.807) is 6.07 Å². The van der Waals surface area contributed by atoms with Crippen LogP contribution >= 0.6 is 27.3 Å². The Labute approximate surface area is 75.7 Å². The summed E-state index contributed by atoms with van der Waals surface area (Å²) >= 11 is 3.63. The first kappa shape index (κ1) is 8.87. The van der Waals surface area contributed by atoms with Gasteiger partial charge >= 0.3 is 4.83 Å². The van der Waals surface area contributed by atoms with Crippen molar-refractivity contribution in [2.75, 3.05) is 0 Å². The van der Waals surface area contributed by atoms with Gasteiger partial charge in [-0.25, -0.2) is 0 Å². The molecule has 1 aromatic heterocycles. The monoisotopic (exact) mass is 238 g/mol. The predicted molar refractivity (Wildman–Crippen MR) is 47.2 cm³/mol. The first-order valence-corrected chi connectivity index (χ1v) is 4.55. The van der Waals surface area contributed by atoms with E-state index < -0.39 is 4.83 Å². The normalized spacial score (nSPS) is 12.6. The van der Waals surface area contributed by atoms with Crippen molar-refractivity contribution >= 4 is 33.3 Å². The minimum absolute atomic E-state index is 0.818. The Bertz CT molecular complexity index is 235. The van der Waals surface area contributed by atoms with Crippen LogP contribution in [0.25, 0.3) is 6.08 Å². The zero-order valence-corrected chi connectivity index (χ0v) is 7.83. The molecule has 60 valence electrons. The molecule has 0 aliphatic carbocycles. The van der Waals surface area contributed by atoms with E-state index in [0.29, 0.717) is 0 Å². The number of halogens is 3. The van der Waals surface area contributed by atoms with E-state index in [1.807, 2.05) is 11.4 Å². The Hall–Kier alpha value is -0.220. The van der Waals surface area contributed by atoms with Crippen LogP contribution in [0.2, 0.25) is 0 Å². The van der Waals surface area contributed by atoms with Gasteiger partial charge < -0.3 is 0 Å². The lowest BCUT2D eigenvalue weighted by Crippen LogP contribution is -1.96. The molecule has 1 aromatic rings. The lowest BCUT2D eigenvalue weighted by atomic mass is 10.4. The molecule has 0 aliphatic heterocycles. The summed E-state index contributed by atoms with van der Waals surface area (Å²) < 4.78 is 24.3. The predicted octanol–water partition coefficient (Wildman–Crippen LogP) is 3.75. The Morgan fingerprint density at radius 2 is 2.27 bits per heavy atom. The Morgan fingerprint density at radius 1 is 1.55 bits per heavy atom. The Balaban J connectivity index is 2.63. The van der Waals surface area contributed by atoms with Gasteiger partial charge in [-0.15, -0.1) is 11.3 Å². The van der Waals surface area contributed by atoms with Crippen LogP contribution in [0.4, 0.5) is 8.78 Å². The minimum Gasteiger partial charge on any atom is -0.189 e. The molecule has 0 aliphatic rings. The molecule has 0 atom stereocenters. The first-order chi connectivity index (χ1) is 5.08. The standard InChI is InChI=1S/C7H5BrF2S/c8-7(9,10)4-3-6-2-1-5-11-6/h1-5H/b4-3+. The minimum atomic E-state index is -2.89. The van der Waals surface area contributed by atoms with E-state index in [9.17, 15) is 8.78 Å². The zero-order chi connectivity index (χ0) is 8.32. The average molecular weight is 239 g/mol. The van der Waals surface area contributed by atoms with E-state index in [2.05, 4.69) is 15.9 Å². The third-order valence-corrected chi connectivity index (χ3v) is 2.08. The summed E-state index contributed by atoms with van der Waals surface area (Å²) in [6, 6.07) is 3.59. The highest BCUT2D eigenvalue weighted by Gasteiger charge is 2.17. The third kappa shape index (κ3) is 3.62. The quantitative estimate of drug-likeness (QED) is 0.689. The van der Waals surface area contributed by atoms with Crippen molar-refractivity contribution in [3.8, 4) is 0 Å². The highest BCUT2D eigenvalue weighted by atomic mass is 79.9. The number of thiophene rings is 1. The van der Waals surface area contributed by atoms with Crippen LogP contribution in [0, 0.1) is 0 Å². The van der Waals surface area contributed by atoms with E-state index >= 15 is 0 Å². The number of hydrogen-bond donors (Lipinski definition) is 0. The lowest BCUT2D eigenvalue weighted by Gasteiger charge is -1.97. The largest absolute Gasteiger partial charge is 0.320 e. The van der Waals surface area contributed by atoms with Crippen molar-refractivity contribution in [3.05, 3.63) is 28.5 Å². The fraction of sp³-hybridized carbons (Fsp3) is 0.143. The number of allylic oxidation sites excluding steroid dienone is 1. The van der Waals surface area contributed by atoms with Gasteiger partial charge in [0.15, 0.2) is 0 Å². The molecule has 1 heterocycles. The Kier molecular flexibility index (Phi) is 2.78. The molecule has 0 saturated heterocycles. The lowest BCUT2D eigenvalue weighted by molar-refractivity contribution is 0.172. The van der Waals surface area contributed by atoms with Gasteiger partial charge in [0.1, 0.15) is 0 Å². The summed E-state index contributed by atoms with van der Waals surface area (Å²) in [4.78, 5) is -2.07. The van der Waals surface area contributed by atoms with Gasteiger partial charge in [-0.3, -0.25) is 0 Å². The maximum Gasteiger partial charge on any atom is 0.320 e. The SMILES string of the molecule is FC(F)(Br)/C=C/c1cccs1.